The SMILES string of the molecule is CCc1ccc(C(=O)N2CCCSC2=NCC(C)C)cc1. The maximum Gasteiger partial charge on any atom is 0.259 e. The average molecular weight is 304 g/mol. The van der Waals surface area contributed by atoms with Crippen LogP contribution >= 0.6 is 11.8 Å². The minimum Gasteiger partial charge on any atom is -0.287 e. The molecule has 0 aliphatic carbocycles. The zero-order chi connectivity index (χ0) is 15.2. The van der Waals surface area contributed by atoms with Gasteiger partial charge in [0.05, 0.1) is 0 Å². The summed E-state index contributed by atoms with van der Waals surface area (Å²) in [4.78, 5) is 19.2. The lowest BCUT2D eigenvalue weighted by molar-refractivity contribution is 0.0848. The zero-order valence-electron chi connectivity index (χ0n) is 13.1. The first-order chi connectivity index (χ1) is 10.1. The number of thioether (sulfide) groups is 1. The Morgan fingerprint density at radius 1 is 1.33 bits per heavy atom. The smallest absolute Gasteiger partial charge is 0.259 e. The van der Waals surface area contributed by atoms with Crippen LogP contribution < -0.4 is 0 Å². The van der Waals surface area contributed by atoms with Gasteiger partial charge in [-0.2, -0.15) is 0 Å². The average Bonchev–Trinajstić information content (AvgIpc) is 2.52. The Balaban J connectivity index is 2.15. The largest absolute Gasteiger partial charge is 0.287 e. The van der Waals surface area contributed by atoms with E-state index in [1.807, 2.05) is 29.2 Å². The van der Waals surface area contributed by atoms with Crippen LogP contribution in [0.5, 0.6) is 0 Å². The van der Waals surface area contributed by atoms with Crippen LogP contribution in [0, 0.1) is 5.92 Å². The molecule has 0 aromatic heterocycles. The minimum absolute atomic E-state index is 0.0763. The molecule has 2 rings (SSSR count). The van der Waals surface area contributed by atoms with E-state index in [9.17, 15) is 4.79 Å². The number of aliphatic imine (C=N–C) groups is 1. The molecule has 114 valence electrons. The number of nitrogens with zero attached hydrogens (tertiary/aromatic N) is 2. The highest BCUT2D eigenvalue weighted by atomic mass is 32.2. The minimum atomic E-state index is 0.0763. The first-order valence-electron chi connectivity index (χ1n) is 7.70. The molecule has 4 heteroatoms. The van der Waals surface area contributed by atoms with Gasteiger partial charge in [-0.1, -0.05) is 44.7 Å². The van der Waals surface area contributed by atoms with Crippen LogP contribution in [0.4, 0.5) is 0 Å². The Morgan fingerprint density at radius 2 is 2.05 bits per heavy atom. The maximum atomic E-state index is 12.7. The fourth-order valence-electron chi connectivity index (χ4n) is 2.18. The van der Waals surface area contributed by atoms with Gasteiger partial charge in [0.2, 0.25) is 0 Å². The number of carbonyl (C=O) groups excluding carboxylic acids is 1. The normalized spacial score (nSPS) is 17.5. The van der Waals surface area contributed by atoms with E-state index < -0.39 is 0 Å². The van der Waals surface area contributed by atoms with Crippen molar-refractivity contribution in [2.75, 3.05) is 18.8 Å². The molecule has 1 fully saturated rings. The molecule has 1 aliphatic rings. The molecule has 3 nitrogen and oxygen atoms in total. The second-order valence-corrected chi connectivity index (χ2v) is 6.79. The molecule has 1 saturated heterocycles. The molecule has 0 unspecified atom stereocenters. The lowest BCUT2D eigenvalue weighted by Crippen LogP contribution is -2.39. The number of hydrogen-bond donors (Lipinski definition) is 0. The summed E-state index contributed by atoms with van der Waals surface area (Å²) in [5.74, 6) is 1.64. The second-order valence-electron chi connectivity index (χ2n) is 5.73. The van der Waals surface area contributed by atoms with E-state index in [1.165, 1.54) is 5.56 Å². The lowest BCUT2D eigenvalue weighted by atomic mass is 10.1. The summed E-state index contributed by atoms with van der Waals surface area (Å²) < 4.78 is 0. The molecular weight excluding hydrogens is 280 g/mol. The van der Waals surface area contributed by atoms with Gasteiger partial charge in [-0.25, -0.2) is 0 Å². The Hall–Kier alpha value is -1.29. The van der Waals surface area contributed by atoms with Crippen molar-refractivity contribution in [3.05, 3.63) is 35.4 Å². The summed E-state index contributed by atoms with van der Waals surface area (Å²) in [5.41, 5.74) is 2.01. The second kappa shape index (κ2) is 7.64. The van der Waals surface area contributed by atoms with Gasteiger partial charge in [0.25, 0.3) is 5.91 Å². The van der Waals surface area contributed by atoms with Gasteiger partial charge in [-0.15, -0.1) is 0 Å². The molecule has 0 atom stereocenters. The quantitative estimate of drug-likeness (QED) is 0.846. The molecule has 0 bridgehead atoms. The number of carbonyl (C=O) groups is 1. The Labute approximate surface area is 131 Å². The van der Waals surface area contributed by atoms with Gasteiger partial charge in [-0.3, -0.25) is 14.7 Å². The van der Waals surface area contributed by atoms with Crippen molar-refractivity contribution in [2.45, 2.75) is 33.6 Å². The summed E-state index contributed by atoms with van der Waals surface area (Å²) >= 11 is 1.70. The number of aryl methyl sites for hydroxylation is 1. The van der Waals surface area contributed by atoms with Gasteiger partial charge < -0.3 is 0 Å². The number of hydrogen-bond acceptors (Lipinski definition) is 3. The summed E-state index contributed by atoms with van der Waals surface area (Å²) in [5, 5.41) is 0.888. The van der Waals surface area contributed by atoms with Crippen LogP contribution in [0.2, 0.25) is 0 Å². The summed E-state index contributed by atoms with van der Waals surface area (Å²) in [6, 6.07) is 7.94. The van der Waals surface area contributed by atoms with Gasteiger partial charge in [0.1, 0.15) is 0 Å². The van der Waals surface area contributed by atoms with Crippen LogP contribution in [0.25, 0.3) is 0 Å². The van der Waals surface area contributed by atoms with E-state index in [-0.39, 0.29) is 5.91 Å². The fourth-order valence-corrected chi connectivity index (χ4v) is 3.13. The van der Waals surface area contributed by atoms with Crippen molar-refractivity contribution in [1.29, 1.82) is 0 Å². The highest BCUT2D eigenvalue weighted by Crippen LogP contribution is 2.21. The maximum absolute atomic E-state index is 12.7. The number of amides is 1. The molecule has 21 heavy (non-hydrogen) atoms. The Bertz CT molecular complexity index is 508. The predicted octanol–water partition coefficient (Wildman–Crippen LogP) is 3.84. The van der Waals surface area contributed by atoms with Crippen molar-refractivity contribution < 1.29 is 4.79 Å². The molecule has 1 aromatic carbocycles. The van der Waals surface area contributed by atoms with Crippen molar-refractivity contribution in [3.8, 4) is 0 Å². The summed E-state index contributed by atoms with van der Waals surface area (Å²) in [6.07, 6.45) is 2.03. The van der Waals surface area contributed by atoms with Crippen molar-refractivity contribution in [3.63, 3.8) is 0 Å². The highest BCUT2D eigenvalue weighted by Gasteiger charge is 2.24. The summed E-state index contributed by atoms with van der Waals surface area (Å²) in [7, 11) is 0. The molecule has 1 aromatic rings. The molecule has 0 N–H and O–H groups in total. The molecule has 1 amide bonds. The number of rotatable bonds is 4. The van der Waals surface area contributed by atoms with Crippen LogP contribution in [-0.2, 0) is 6.42 Å². The summed E-state index contributed by atoms with van der Waals surface area (Å²) in [6.45, 7) is 7.97. The van der Waals surface area contributed by atoms with Crippen LogP contribution in [0.1, 0.15) is 43.1 Å². The molecule has 0 saturated carbocycles. The lowest BCUT2D eigenvalue weighted by Gasteiger charge is -2.28. The van der Waals surface area contributed by atoms with Gasteiger partial charge in [0, 0.05) is 24.4 Å². The van der Waals surface area contributed by atoms with Gasteiger partial charge in [0.15, 0.2) is 5.17 Å². The first-order valence-corrected chi connectivity index (χ1v) is 8.68. The van der Waals surface area contributed by atoms with Crippen LogP contribution in [0.3, 0.4) is 0 Å². The topological polar surface area (TPSA) is 32.7 Å². The highest BCUT2D eigenvalue weighted by molar-refractivity contribution is 8.13. The van der Waals surface area contributed by atoms with Crippen LogP contribution in [0.15, 0.2) is 29.3 Å². The van der Waals surface area contributed by atoms with E-state index in [4.69, 9.17) is 0 Å². The van der Waals surface area contributed by atoms with E-state index in [0.717, 1.165) is 42.4 Å². The van der Waals surface area contributed by atoms with Crippen molar-refractivity contribution in [1.82, 2.24) is 4.90 Å². The first kappa shape index (κ1) is 16.1. The third-order valence-corrected chi connectivity index (χ3v) is 4.53. The van der Waals surface area contributed by atoms with Crippen LogP contribution in [-0.4, -0.2) is 34.8 Å². The third-order valence-electron chi connectivity index (χ3n) is 3.43. The van der Waals surface area contributed by atoms with Gasteiger partial charge >= 0.3 is 0 Å². The monoisotopic (exact) mass is 304 g/mol. The molecule has 1 aliphatic heterocycles. The van der Waals surface area contributed by atoms with Gasteiger partial charge in [-0.05, 0) is 36.5 Å². The van der Waals surface area contributed by atoms with E-state index in [0.29, 0.717) is 5.92 Å². The standard InChI is InChI=1S/C17H24N2OS/c1-4-14-6-8-15(9-7-14)16(20)19-10-5-11-21-17(19)18-12-13(2)3/h6-9,13H,4-5,10-12H2,1-3H3. The zero-order valence-corrected chi connectivity index (χ0v) is 13.9. The predicted molar refractivity (Wildman–Crippen MR) is 91.1 cm³/mol. The van der Waals surface area contributed by atoms with Crippen molar-refractivity contribution >= 4 is 22.8 Å². The number of benzene rings is 1. The fraction of sp³-hybridized carbons (Fsp3) is 0.529. The van der Waals surface area contributed by atoms with E-state index in [2.05, 4.69) is 25.8 Å². The molecule has 1 heterocycles. The molecule has 0 spiro atoms. The van der Waals surface area contributed by atoms with E-state index >= 15 is 0 Å². The van der Waals surface area contributed by atoms with Crippen molar-refractivity contribution in [2.24, 2.45) is 10.9 Å². The van der Waals surface area contributed by atoms with E-state index in [1.54, 1.807) is 11.8 Å². The molecule has 0 radical (unpaired) electrons. The molecular formula is C17H24N2OS. The third kappa shape index (κ3) is 4.34. The number of amidine groups is 1. The Kier molecular flexibility index (Phi) is 5.85. The Morgan fingerprint density at radius 3 is 2.67 bits per heavy atom.